The minimum Gasteiger partial charge on any atom is -0.492 e. The van der Waals surface area contributed by atoms with Crippen molar-refractivity contribution in [3.05, 3.63) is 88.4 Å². The Balaban J connectivity index is 1.56. The molecule has 3 aromatic carbocycles. The molecule has 0 spiro atoms. The number of carbonyl (C=O) groups is 1. The summed E-state index contributed by atoms with van der Waals surface area (Å²) in [4.78, 5) is 12.5. The van der Waals surface area contributed by atoms with Crippen molar-refractivity contribution >= 4 is 27.5 Å². The highest BCUT2D eigenvalue weighted by atomic mass is 79.9. The minimum atomic E-state index is -0.181. The summed E-state index contributed by atoms with van der Waals surface area (Å²) >= 11 is 3.48. The summed E-state index contributed by atoms with van der Waals surface area (Å²) in [6.07, 6.45) is 0. The van der Waals surface area contributed by atoms with Gasteiger partial charge in [-0.15, -0.1) is 0 Å². The van der Waals surface area contributed by atoms with E-state index in [9.17, 15) is 4.79 Å². The van der Waals surface area contributed by atoms with Gasteiger partial charge in [-0.05, 0) is 69.9 Å². The molecule has 0 unspecified atom stereocenters. The molecule has 4 nitrogen and oxygen atoms in total. The minimum absolute atomic E-state index is 0.181. The number of anilines is 1. The van der Waals surface area contributed by atoms with Crippen LogP contribution in [0.15, 0.2) is 77.3 Å². The van der Waals surface area contributed by atoms with Crippen LogP contribution >= 0.6 is 15.9 Å². The first kappa shape index (κ1) is 20.9. The maximum absolute atomic E-state index is 12.5. The van der Waals surface area contributed by atoms with E-state index in [1.165, 1.54) is 0 Å². The lowest BCUT2D eigenvalue weighted by atomic mass is 10.2. The second kappa shape index (κ2) is 10.1. The van der Waals surface area contributed by atoms with Crippen molar-refractivity contribution in [2.24, 2.45) is 5.92 Å². The van der Waals surface area contributed by atoms with Gasteiger partial charge in [-0.25, -0.2) is 0 Å². The van der Waals surface area contributed by atoms with E-state index < -0.39 is 0 Å². The largest absolute Gasteiger partial charge is 0.492 e. The number of rotatable bonds is 8. The molecule has 3 rings (SSSR count). The number of benzene rings is 3. The van der Waals surface area contributed by atoms with E-state index in [4.69, 9.17) is 9.47 Å². The summed E-state index contributed by atoms with van der Waals surface area (Å²) in [7, 11) is 0. The fourth-order valence-corrected chi connectivity index (χ4v) is 3.09. The zero-order valence-electron chi connectivity index (χ0n) is 16.5. The number of ether oxygens (including phenoxy) is 2. The van der Waals surface area contributed by atoms with Crippen LogP contribution < -0.4 is 14.8 Å². The van der Waals surface area contributed by atoms with Crippen LogP contribution in [-0.4, -0.2) is 12.5 Å². The number of hydrogen-bond donors (Lipinski definition) is 1. The lowest BCUT2D eigenvalue weighted by molar-refractivity contribution is 0.102. The second-order valence-corrected chi connectivity index (χ2v) is 7.96. The fourth-order valence-electron chi connectivity index (χ4n) is 2.59. The lowest BCUT2D eigenvalue weighted by Gasteiger charge is -2.12. The molecule has 0 atom stereocenters. The first-order valence-corrected chi connectivity index (χ1v) is 10.3. The molecule has 0 aliphatic heterocycles. The van der Waals surface area contributed by atoms with Gasteiger partial charge in [-0.3, -0.25) is 4.79 Å². The van der Waals surface area contributed by atoms with Crippen molar-refractivity contribution in [3.8, 4) is 11.5 Å². The molecular weight excluding hydrogens is 430 g/mol. The lowest BCUT2D eigenvalue weighted by Crippen LogP contribution is -2.12. The Hall–Kier alpha value is -2.79. The van der Waals surface area contributed by atoms with Crippen LogP contribution in [0.25, 0.3) is 0 Å². The molecule has 0 bridgehead atoms. The molecular formula is C24H24BrNO3. The Labute approximate surface area is 180 Å². The Morgan fingerprint density at radius 1 is 0.966 bits per heavy atom. The summed E-state index contributed by atoms with van der Waals surface area (Å²) in [5, 5.41) is 2.90. The number of halogens is 1. The average molecular weight is 454 g/mol. The average Bonchev–Trinajstić information content (AvgIpc) is 2.73. The zero-order valence-corrected chi connectivity index (χ0v) is 18.1. The van der Waals surface area contributed by atoms with Crippen molar-refractivity contribution in [2.75, 3.05) is 11.9 Å². The molecule has 0 heterocycles. The maximum atomic E-state index is 12.5. The molecule has 3 aromatic rings. The van der Waals surface area contributed by atoms with E-state index in [-0.39, 0.29) is 5.91 Å². The van der Waals surface area contributed by atoms with Crippen LogP contribution in [0.1, 0.15) is 29.8 Å². The van der Waals surface area contributed by atoms with E-state index in [2.05, 4.69) is 35.1 Å². The third-order valence-corrected chi connectivity index (χ3v) is 4.75. The van der Waals surface area contributed by atoms with E-state index in [1.807, 2.05) is 60.7 Å². The third-order valence-electron chi connectivity index (χ3n) is 4.13. The van der Waals surface area contributed by atoms with Crippen LogP contribution in [0.4, 0.5) is 5.69 Å². The number of carbonyl (C=O) groups excluding carboxylic acids is 1. The van der Waals surface area contributed by atoms with Crippen molar-refractivity contribution in [2.45, 2.75) is 20.5 Å². The maximum Gasteiger partial charge on any atom is 0.255 e. The molecule has 0 aliphatic carbocycles. The second-order valence-electron chi connectivity index (χ2n) is 7.10. The van der Waals surface area contributed by atoms with E-state index in [0.29, 0.717) is 30.4 Å². The number of amides is 1. The zero-order chi connectivity index (χ0) is 20.6. The standard InChI is InChI=1S/C24H24BrNO3/c1-17(2)15-29-23-13-8-19(14-22(23)25)24(27)26-20-9-11-21(12-10-20)28-16-18-6-4-3-5-7-18/h3-14,17H,15-16H2,1-2H3,(H,26,27). The normalized spacial score (nSPS) is 10.6. The molecule has 150 valence electrons. The van der Waals surface area contributed by atoms with Gasteiger partial charge < -0.3 is 14.8 Å². The van der Waals surface area contributed by atoms with Gasteiger partial charge in [-0.1, -0.05) is 44.2 Å². The van der Waals surface area contributed by atoms with E-state index >= 15 is 0 Å². The summed E-state index contributed by atoms with van der Waals surface area (Å²) in [6, 6.07) is 22.7. The van der Waals surface area contributed by atoms with Gasteiger partial charge in [0, 0.05) is 11.3 Å². The van der Waals surface area contributed by atoms with Gasteiger partial charge in [0.2, 0.25) is 0 Å². The summed E-state index contributed by atoms with van der Waals surface area (Å²) in [5.74, 6) is 1.74. The summed E-state index contributed by atoms with van der Waals surface area (Å²) in [5.41, 5.74) is 2.37. The van der Waals surface area contributed by atoms with Crippen LogP contribution in [0.3, 0.4) is 0 Å². The van der Waals surface area contributed by atoms with Crippen LogP contribution in [0, 0.1) is 5.92 Å². The molecule has 0 aromatic heterocycles. The van der Waals surface area contributed by atoms with Crippen molar-refractivity contribution in [1.82, 2.24) is 0 Å². The first-order chi connectivity index (χ1) is 14.0. The predicted molar refractivity (Wildman–Crippen MR) is 120 cm³/mol. The van der Waals surface area contributed by atoms with Crippen molar-refractivity contribution in [1.29, 1.82) is 0 Å². The Morgan fingerprint density at radius 2 is 1.69 bits per heavy atom. The number of nitrogens with one attached hydrogen (secondary N) is 1. The predicted octanol–water partition coefficient (Wildman–Crippen LogP) is 6.32. The smallest absolute Gasteiger partial charge is 0.255 e. The molecule has 0 fully saturated rings. The van der Waals surface area contributed by atoms with E-state index in [0.717, 1.165) is 21.5 Å². The van der Waals surface area contributed by atoms with Gasteiger partial charge >= 0.3 is 0 Å². The Bertz CT molecular complexity index is 940. The van der Waals surface area contributed by atoms with Crippen LogP contribution in [0.5, 0.6) is 11.5 Å². The van der Waals surface area contributed by atoms with Crippen LogP contribution in [-0.2, 0) is 6.61 Å². The molecule has 0 aliphatic rings. The van der Waals surface area contributed by atoms with Gasteiger partial charge in [0.05, 0.1) is 11.1 Å². The summed E-state index contributed by atoms with van der Waals surface area (Å²) in [6.45, 7) is 5.32. The highest BCUT2D eigenvalue weighted by Crippen LogP contribution is 2.27. The van der Waals surface area contributed by atoms with Gasteiger partial charge in [-0.2, -0.15) is 0 Å². The molecule has 1 amide bonds. The quantitative estimate of drug-likeness (QED) is 0.434. The molecule has 0 radical (unpaired) electrons. The Kier molecular flexibility index (Phi) is 7.30. The monoisotopic (exact) mass is 453 g/mol. The van der Waals surface area contributed by atoms with Gasteiger partial charge in [0.1, 0.15) is 18.1 Å². The molecule has 1 N–H and O–H groups in total. The van der Waals surface area contributed by atoms with Gasteiger partial charge in [0.25, 0.3) is 5.91 Å². The van der Waals surface area contributed by atoms with Crippen molar-refractivity contribution < 1.29 is 14.3 Å². The van der Waals surface area contributed by atoms with E-state index in [1.54, 1.807) is 12.1 Å². The topological polar surface area (TPSA) is 47.6 Å². The van der Waals surface area contributed by atoms with Gasteiger partial charge in [0.15, 0.2) is 0 Å². The molecule has 29 heavy (non-hydrogen) atoms. The molecule has 0 saturated heterocycles. The highest BCUT2D eigenvalue weighted by molar-refractivity contribution is 9.10. The molecule has 5 heteroatoms. The highest BCUT2D eigenvalue weighted by Gasteiger charge is 2.10. The van der Waals surface area contributed by atoms with Crippen molar-refractivity contribution in [3.63, 3.8) is 0 Å². The number of hydrogen-bond acceptors (Lipinski definition) is 3. The SMILES string of the molecule is CC(C)COc1ccc(C(=O)Nc2ccc(OCc3ccccc3)cc2)cc1Br. The third kappa shape index (κ3) is 6.36. The summed E-state index contributed by atoms with van der Waals surface area (Å²) < 4.78 is 12.3. The fraction of sp³-hybridized carbons (Fsp3) is 0.208. The first-order valence-electron chi connectivity index (χ1n) is 9.52. The molecule has 0 saturated carbocycles. The Morgan fingerprint density at radius 3 is 2.34 bits per heavy atom. The van der Waals surface area contributed by atoms with Crippen LogP contribution in [0.2, 0.25) is 0 Å².